The summed E-state index contributed by atoms with van der Waals surface area (Å²) in [6.07, 6.45) is -4.52. The van der Waals surface area contributed by atoms with E-state index in [1.165, 1.54) is 18.2 Å². The fourth-order valence-electron chi connectivity index (χ4n) is 2.38. The molecule has 9 heteroatoms. The zero-order valence-electron chi connectivity index (χ0n) is 15.3. The lowest BCUT2D eigenvalue weighted by Crippen LogP contribution is -2.28. The van der Waals surface area contributed by atoms with E-state index in [-0.39, 0.29) is 29.8 Å². The zero-order chi connectivity index (χ0) is 20.0. The Hall–Kier alpha value is -2.58. The lowest BCUT2D eigenvalue weighted by Gasteiger charge is -2.13. The molecule has 2 aromatic carbocycles. The van der Waals surface area contributed by atoms with Crippen LogP contribution in [0.1, 0.15) is 22.8 Å². The molecule has 3 N–H and O–H groups in total. The quantitative estimate of drug-likeness (QED) is 0.663. The van der Waals surface area contributed by atoms with E-state index in [0.29, 0.717) is 17.9 Å². The maximum Gasteiger partial charge on any atom is 0.416 e. The van der Waals surface area contributed by atoms with Crippen LogP contribution in [-0.4, -0.2) is 25.4 Å². The van der Waals surface area contributed by atoms with Gasteiger partial charge in [-0.1, -0.05) is 19.1 Å². The van der Waals surface area contributed by atoms with Gasteiger partial charge in [0, 0.05) is 29.4 Å². The Bertz CT molecular complexity index is 828. The average Bonchev–Trinajstić information content (AvgIpc) is 2.61. The van der Waals surface area contributed by atoms with Crippen molar-refractivity contribution in [1.29, 1.82) is 0 Å². The number of halogens is 4. The van der Waals surface area contributed by atoms with Gasteiger partial charge in [-0.05, 0) is 43.4 Å². The number of nitrogens with one attached hydrogen (secondary N) is 3. The van der Waals surface area contributed by atoms with Crippen molar-refractivity contribution in [3.8, 4) is 0 Å². The Balaban J connectivity index is 0.00000392. The smallest absolute Gasteiger partial charge is 0.326 e. The van der Waals surface area contributed by atoms with E-state index in [2.05, 4.69) is 16.0 Å². The summed E-state index contributed by atoms with van der Waals surface area (Å²) >= 11 is 0. The minimum Gasteiger partial charge on any atom is -0.326 e. The number of carbonyl (C=O) groups is 2. The molecule has 2 rings (SSSR count). The molecule has 152 valence electrons. The van der Waals surface area contributed by atoms with Crippen molar-refractivity contribution in [2.75, 3.05) is 24.2 Å². The summed E-state index contributed by atoms with van der Waals surface area (Å²) in [6.45, 7) is 2.28. The van der Waals surface area contributed by atoms with Crippen LogP contribution in [0.4, 0.5) is 24.5 Å². The Kier molecular flexibility index (Phi) is 8.46. The van der Waals surface area contributed by atoms with E-state index >= 15 is 0 Å². The number of amides is 2. The van der Waals surface area contributed by atoms with E-state index in [1.54, 1.807) is 32.2 Å². The van der Waals surface area contributed by atoms with Gasteiger partial charge in [0.05, 0.1) is 5.56 Å². The molecule has 0 aliphatic heterocycles. The summed E-state index contributed by atoms with van der Waals surface area (Å²) in [5.41, 5.74) is -0.169. The third-order valence-electron chi connectivity index (χ3n) is 3.80. The van der Waals surface area contributed by atoms with E-state index in [0.717, 1.165) is 12.1 Å². The largest absolute Gasteiger partial charge is 0.416 e. The number of hydrogen-bond acceptors (Lipinski definition) is 3. The Morgan fingerprint density at radius 3 is 2.21 bits per heavy atom. The third kappa shape index (κ3) is 6.54. The van der Waals surface area contributed by atoms with Gasteiger partial charge in [-0.15, -0.1) is 12.4 Å². The van der Waals surface area contributed by atoms with E-state index in [9.17, 15) is 22.8 Å². The molecule has 0 saturated carbocycles. The molecule has 0 heterocycles. The van der Waals surface area contributed by atoms with Crippen molar-refractivity contribution < 1.29 is 22.8 Å². The first-order chi connectivity index (χ1) is 12.7. The molecule has 0 bridgehead atoms. The predicted octanol–water partition coefficient (Wildman–Crippen LogP) is 4.17. The highest BCUT2D eigenvalue weighted by Gasteiger charge is 2.30. The van der Waals surface area contributed by atoms with Crippen molar-refractivity contribution >= 4 is 35.6 Å². The van der Waals surface area contributed by atoms with Gasteiger partial charge < -0.3 is 16.0 Å². The zero-order valence-corrected chi connectivity index (χ0v) is 16.1. The van der Waals surface area contributed by atoms with Crippen molar-refractivity contribution in [2.24, 2.45) is 5.92 Å². The lowest BCUT2D eigenvalue weighted by atomic mass is 10.1. The molecule has 0 aliphatic rings. The standard InChI is InChI=1S/C19H20F3N3O2.ClH/c1-12(11-23-2)17(26)24-15-7-4-8-16(10-15)25-18(27)13-5-3-6-14(9-13)19(20,21)22;/h3-10,12,23H,11H2,1-2H3,(H,24,26)(H,25,27);1H. The van der Waals surface area contributed by atoms with Gasteiger partial charge in [-0.2, -0.15) is 13.2 Å². The highest BCUT2D eigenvalue weighted by molar-refractivity contribution is 6.04. The van der Waals surface area contributed by atoms with Gasteiger partial charge in [0.1, 0.15) is 0 Å². The molecule has 0 aromatic heterocycles. The minimum atomic E-state index is -4.52. The molecule has 2 aromatic rings. The summed E-state index contributed by atoms with van der Waals surface area (Å²) in [7, 11) is 1.74. The van der Waals surface area contributed by atoms with Crippen molar-refractivity contribution in [2.45, 2.75) is 13.1 Å². The lowest BCUT2D eigenvalue weighted by molar-refractivity contribution is -0.137. The van der Waals surface area contributed by atoms with Crippen molar-refractivity contribution in [3.63, 3.8) is 0 Å². The van der Waals surface area contributed by atoms with Gasteiger partial charge >= 0.3 is 6.18 Å². The molecule has 0 aliphatic carbocycles. The third-order valence-corrected chi connectivity index (χ3v) is 3.80. The van der Waals surface area contributed by atoms with E-state index < -0.39 is 17.6 Å². The summed E-state index contributed by atoms with van der Waals surface area (Å²) in [5.74, 6) is -1.11. The summed E-state index contributed by atoms with van der Waals surface area (Å²) < 4.78 is 38.3. The molecule has 5 nitrogen and oxygen atoms in total. The second kappa shape index (κ2) is 10.1. The highest BCUT2D eigenvalue weighted by Crippen LogP contribution is 2.29. The Labute approximate surface area is 167 Å². The Morgan fingerprint density at radius 2 is 1.61 bits per heavy atom. The normalized spacial score (nSPS) is 11.9. The van der Waals surface area contributed by atoms with Crippen LogP contribution in [0.2, 0.25) is 0 Å². The maximum atomic E-state index is 12.8. The van der Waals surface area contributed by atoms with Gasteiger partial charge in [0.25, 0.3) is 5.91 Å². The maximum absolute atomic E-state index is 12.8. The second-order valence-corrected chi connectivity index (χ2v) is 6.06. The number of anilines is 2. The molecule has 0 fully saturated rings. The van der Waals surface area contributed by atoms with Crippen LogP contribution in [-0.2, 0) is 11.0 Å². The molecule has 0 radical (unpaired) electrons. The molecule has 2 amide bonds. The minimum absolute atomic E-state index is 0. The van der Waals surface area contributed by atoms with Gasteiger partial charge in [-0.3, -0.25) is 9.59 Å². The van der Waals surface area contributed by atoms with Crippen LogP contribution < -0.4 is 16.0 Å². The van der Waals surface area contributed by atoms with Crippen LogP contribution in [0.15, 0.2) is 48.5 Å². The summed E-state index contributed by atoms with van der Waals surface area (Å²) in [5, 5.41) is 8.17. The molecule has 28 heavy (non-hydrogen) atoms. The molecule has 1 atom stereocenters. The number of alkyl halides is 3. The fraction of sp³-hybridized carbons (Fsp3) is 0.263. The van der Waals surface area contributed by atoms with Crippen LogP contribution in [0.25, 0.3) is 0 Å². The monoisotopic (exact) mass is 415 g/mol. The SMILES string of the molecule is CNCC(C)C(=O)Nc1cccc(NC(=O)c2cccc(C(F)(F)F)c2)c1.Cl. The topological polar surface area (TPSA) is 70.2 Å². The summed E-state index contributed by atoms with van der Waals surface area (Å²) in [6, 6.07) is 10.6. The number of carbonyl (C=O) groups excluding carboxylic acids is 2. The van der Waals surface area contributed by atoms with Crippen LogP contribution >= 0.6 is 12.4 Å². The Morgan fingerprint density at radius 1 is 1.00 bits per heavy atom. The number of benzene rings is 2. The fourth-order valence-corrected chi connectivity index (χ4v) is 2.38. The average molecular weight is 416 g/mol. The van der Waals surface area contributed by atoms with E-state index in [1.807, 2.05) is 0 Å². The van der Waals surface area contributed by atoms with Crippen molar-refractivity contribution in [3.05, 3.63) is 59.7 Å². The van der Waals surface area contributed by atoms with E-state index in [4.69, 9.17) is 0 Å². The first kappa shape index (κ1) is 23.5. The van der Waals surface area contributed by atoms with Gasteiger partial charge in [0.2, 0.25) is 5.91 Å². The van der Waals surface area contributed by atoms with Crippen molar-refractivity contribution in [1.82, 2.24) is 5.32 Å². The highest BCUT2D eigenvalue weighted by atomic mass is 35.5. The van der Waals surface area contributed by atoms with Gasteiger partial charge in [0.15, 0.2) is 0 Å². The molecule has 1 unspecified atom stereocenters. The number of rotatable bonds is 6. The summed E-state index contributed by atoms with van der Waals surface area (Å²) in [4.78, 5) is 24.3. The second-order valence-electron chi connectivity index (χ2n) is 6.06. The van der Waals surface area contributed by atoms with Crippen LogP contribution in [0, 0.1) is 5.92 Å². The van der Waals surface area contributed by atoms with Crippen LogP contribution in [0.3, 0.4) is 0 Å². The first-order valence-electron chi connectivity index (χ1n) is 8.25. The predicted molar refractivity (Wildman–Crippen MR) is 105 cm³/mol. The molecular formula is C19H21ClF3N3O2. The molecular weight excluding hydrogens is 395 g/mol. The molecule has 0 spiro atoms. The van der Waals surface area contributed by atoms with Gasteiger partial charge in [-0.25, -0.2) is 0 Å². The number of hydrogen-bond donors (Lipinski definition) is 3. The van der Waals surface area contributed by atoms with Crippen LogP contribution in [0.5, 0.6) is 0 Å². The first-order valence-corrected chi connectivity index (χ1v) is 8.25. The molecule has 0 saturated heterocycles.